The van der Waals surface area contributed by atoms with Gasteiger partial charge in [-0.15, -0.1) is 0 Å². The van der Waals surface area contributed by atoms with Gasteiger partial charge in [0.05, 0.1) is 72.1 Å². The Labute approximate surface area is 436 Å². The Morgan fingerprint density at radius 1 is 0.600 bits per heavy atom. The Morgan fingerprint density at radius 3 is 1.40 bits per heavy atom. The zero-order valence-electron chi connectivity index (χ0n) is 40.9. The Kier molecular flexibility index (Phi) is 18.0. The van der Waals surface area contributed by atoms with Crippen LogP contribution in [0.25, 0.3) is 56.0 Å². The number of nitrogens with one attached hydrogen (secondary N) is 1. The number of halogens is 5. The number of morpholine rings is 2. The van der Waals surface area contributed by atoms with Crippen molar-refractivity contribution in [3.63, 3.8) is 0 Å². The van der Waals surface area contributed by atoms with Crippen molar-refractivity contribution in [2.75, 3.05) is 101 Å². The molecule has 404 valence electrons. The number of alkyl halides is 4. The van der Waals surface area contributed by atoms with E-state index in [2.05, 4.69) is 29.8 Å². The summed E-state index contributed by atoms with van der Waals surface area (Å²) in [6.45, 7) is 7.93. The van der Waals surface area contributed by atoms with Gasteiger partial charge in [0, 0.05) is 63.9 Å². The molecule has 0 amide bonds. The van der Waals surface area contributed by atoms with E-state index in [1.54, 1.807) is 61.4 Å². The number of hydrogen-bond donors (Lipinski definition) is 1. The van der Waals surface area contributed by atoms with Crippen molar-refractivity contribution in [3.05, 3.63) is 72.8 Å². The second kappa shape index (κ2) is 24.4. The first-order valence-electron chi connectivity index (χ1n) is 23.9. The molecule has 6 aromatic heterocycles. The summed E-state index contributed by atoms with van der Waals surface area (Å²) in [5.41, 5.74) is 4.25. The van der Waals surface area contributed by atoms with E-state index in [1.807, 2.05) is 24.7 Å². The van der Waals surface area contributed by atoms with E-state index in [-0.39, 0.29) is 40.5 Å². The van der Waals surface area contributed by atoms with E-state index >= 15 is 0 Å². The highest BCUT2D eigenvalue weighted by Gasteiger charge is 2.31. The highest BCUT2D eigenvalue weighted by molar-refractivity contribution is 8.07. The first-order valence-corrected chi connectivity index (χ1v) is 27.8. The van der Waals surface area contributed by atoms with Crippen LogP contribution in [0.5, 0.6) is 0 Å². The van der Waals surface area contributed by atoms with Crippen molar-refractivity contribution < 1.29 is 46.4 Å². The molecular weight excluding hydrogens is 1050 g/mol. The Hall–Kier alpha value is -5.85. The molecule has 2 aromatic carbocycles. The lowest BCUT2D eigenvalue weighted by molar-refractivity contribution is 0.122. The summed E-state index contributed by atoms with van der Waals surface area (Å²) < 4.78 is 97.7. The van der Waals surface area contributed by atoms with Gasteiger partial charge in [-0.1, -0.05) is 24.3 Å². The SMILES string of the molecule is CS(=O)Cl.CS(=O)N1CCC(n2cnc3c(-n4c(C(F)F)nc5ccccc54)nc(N4CCOCC4)nc32)CC1.FC(F)c1nc2ccccc2n1-c1nc(N2CCOCC2)nc2c1ncn2C1CCNCC1.O.O. The Bertz CT molecular complexity index is 3260. The van der Waals surface area contributed by atoms with Crippen LogP contribution in [0.3, 0.4) is 0 Å². The first-order chi connectivity index (χ1) is 35.4. The maximum atomic E-state index is 14.2. The molecule has 10 heterocycles. The molecule has 22 nitrogen and oxygen atoms in total. The molecule has 29 heteroatoms. The van der Waals surface area contributed by atoms with E-state index in [1.165, 1.54) is 15.4 Å². The smallest absolute Gasteiger partial charge is 0.296 e. The molecular formula is C46H57ClF4N16O6S2. The van der Waals surface area contributed by atoms with Gasteiger partial charge in [0.25, 0.3) is 12.9 Å². The fraction of sp³-hybridized carbons (Fsp3) is 0.478. The quantitative estimate of drug-likeness (QED) is 0.153. The number of rotatable bonds is 9. The second-order valence-corrected chi connectivity index (χ2v) is 21.1. The van der Waals surface area contributed by atoms with Gasteiger partial charge in [0.1, 0.15) is 10.0 Å². The van der Waals surface area contributed by atoms with Gasteiger partial charge in [-0.2, -0.15) is 19.9 Å². The number of imidazole rings is 4. The van der Waals surface area contributed by atoms with E-state index in [0.717, 1.165) is 38.8 Å². The van der Waals surface area contributed by atoms with Gasteiger partial charge >= 0.3 is 0 Å². The van der Waals surface area contributed by atoms with Gasteiger partial charge in [0.15, 0.2) is 45.6 Å². The lowest BCUT2D eigenvalue weighted by Gasteiger charge is -2.31. The summed E-state index contributed by atoms with van der Waals surface area (Å²) >= 11 is 0. The summed E-state index contributed by atoms with van der Waals surface area (Å²) in [7, 11) is 2.60. The van der Waals surface area contributed by atoms with Crippen LogP contribution in [0, 0.1) is 0 Å². The second-order valence-electron chi connectivity index (χ2n) is 17.7. The lowest BCUT2D eigenvalue weighted by Crippen LogP contribution is -2.37. The van der Waals surface area contributed by atoms with Crippen LogP contribution in [-0.2, 0) is 30.5 Å². The number of benzene rings is 2. The van der Waals surface area contributed by atoms with Gasteiger partial charge in [0.2, 0.25) is 11.9 Å². The van der Waals surface area contributed by atoms with Crippen LogP contribution >= 0.6 is 10.7 Å². The number of ether oxygens (including phenoxy) is 2. The van der Waals surface area contributed by atoms with Crippen molar-refractivity contribution in [2.45, 2.75) is 50.6 Å². The van der Waals surface area contributed by atoms with Gasteiger partial charge in [-0.05, 0) is 73.7 Å². The van der Waals surface area contributed by atoms with Crippen LogP contribution < -0.4 is 15.1 Å². The molecule has 0 spiro atoms. The topological polar surface area (TPSA) is 260 Å². The Morgan fingerprint density at radius 2 is 1.00 bits per heavy atom. The molecule has 2 atom stereocenters. The minimum Gasteiger partial charge on any atom is -0.412 e. The third kappa shape index (κ3) is 11.6. The molecule has 4 aliphatic heterocycles. The van der Waals surface area contributed by atoms with Crippen LogP contribution in [0.15, 0.2) is 61.2 Å². The standard InChI is InChI=1S/C23H26F2N8O2S.C22H24F2N8O.CH3ClOS.2H2O/c1-36(34)31-8-6-15(7-9-31)32-14-26-18-20(32)28-23(30-10-12-35-13-11-30)29-21(18)33-17-5-3-2-4-16(17)27-22(33)19(24)25;23-18(24)21-27-15-3-1-2-4-16(15)32(21)20-17-19(28-22(29-20)30-9-11-33-12-10-30)31(13-26-17)14-5-7-25-8-6-14;1-4(2)3;;/h2-5,14-15,19H,6-13H2,1H3;1-4,13-14,18,25H,5-12H2;1H3;2*1H2. The maximum Gasteiger partial charge on any atom is 0.296 e. The zero-order valence-corrected chi connectivity index (χ0v) is 43.3. The molecule has 0 saturated carbocycles. The van der Waals surface area contributed by atoms with Crippen molar-refractivity contribution in [2.24, 2.45) is 0 Å². The molecule has 5 N–H and O–H groups in total. The Balaban J connectivity index is 0.000000182. The molecule has 4 aliphatic rings. The molecule has 8 aromatic rings. The normalized spacial score (nSPS) is 17.9. The van der Waals surface area contributed by atoms with Gasteiger partial charge in [-0.3, -0.25) is 9.13 Å². The number of aromatic nitrogens is 12. The summed E-state index contributed by atoms with van der Waals surface area (Å²) in [5.74, 6) is 0.842. The van der Waals surface area contributed by atoms with E-state index < -0.39 is 33.8 Å². The molecule has 75 heavy (non-hydrogen) atoms. The highest BCUT2D eigenvalue weighted by Crippen LogP contribution is 2.36. The fourth-order valence-corrected chi connectivity index (χ4v) is 10.5. The van der Waals surface area contributed by atoms with E-state index in [9.17, 15) is 26.0 Å². The number of hydrogen-bond acceptors (Lipinski definition) is 15. The maximum absolute atomic E-state index is 14.2. The van der Waals surface area contributed by atoms with E-state index in [4.69, 9.17) is 40.1 Å². The number of piperidine rings is 2. The monoisotopic (exact) mass is 1100 g/mol. The number of anilines is 2. The lowest BCUT2D eigenvalue weighted by atomic mass is 10.1. The van der Waals surface area contributed by atoms with Crippen molar-refractivity contribution in [1.82, 2.24) is 67.8 Å². The average Bonchev–Trinajstić information content (AvgIpc) is 4.22. The fourth-order valence-electron chi connectivity index (χ4n) is 9.73. The number of fused-ring (bicyclic) bond motifs is 4. The molecule has 12 rings (SSSR count). The largest absolute Gasteiger partial charge is 0.412 e. The molecule has 0 radical (unpaired) electrons. The summed E-state index contributed by atoms with van der Waals surface area (Å²) in [4.78, 5) is 41.0. The number of para-hydroxylation sites is 4. The minimum atomic E-state index is -2.80. The first kappa shape index (κ1) is 55.4. The molecule has 0 bridgehead atoms. The average molecular weight is 1110 g/mol. The third-order valence-electron chi connectivity index (χ3n) is 13.2. The zero-order chi connectivity index (χ0) is 50.8. The van der Waals surface area contributed by atoms with Crippen molar-refractivity contribution in [1.29, 1.82) is 0 Å². The highest BCUT2D eigenvalue weighted by atomic mass is 35.7. The van der Waals surface area contributed by atoms with Crippen LogP contribution in [-0.4, -0.2) is 173 Å². The molecule has 4 saturated heterocycles. The van der Waals surface area contributed by atoms with Crippen molar-refractivity contribution >= 4 is 88.0 Å². The predicted octanol–water partition coefficient (Wildman–Crippen LogP) is 4.60. The van der Waals surface area contributed by atoms with Crippen LogP contribution in [0.1, 0.15) is 62.3 Å². The van der Waals surface area contributed by atoms with Crippen LogP contribution in [0.2, 0.25) is 0 Å². The minimum absolute atomic E-state index is 0. The van der Waals surface area contributed by atoms with Gasteiger partial charge in [-0.25, -0.2) is 50.2 Å². The van der Waals surface area contributed by atoms with Gasteiger partial charge < -0.3 is 44.7 Å². The van der Waals surface area contributed by atoms with E-state index in [0.29, 0.717) is 128 Å². The molecule has 4 fully saturated rings. The third-order valence-corrected chi connectivity index (χ3v) is 14.3. The molecule has 2 unspecified atom stereocenters. The summed E-state index contributed by atoms with van der Waals surface area (Å²) in [6.07, 6.45) is 4.50. The predicted molar refractivity (Wildman–Crippen MR) is 278 cm³/mol. The number of nitrogens with zero attached hydrogens (tertiary/aromatic N) is 15. The molecule has 0 aliphatic carbocycles. The van der Waals surface area contributed by atoms with Crippen molar-refractivity contribution in [3.8, 4) is 11.6 Å². The summed E-state index contributed by atoms with van der Waals surface area (Å²) in [6, 6.07) is 14.5. The summed E-state index contributed by atoms with van der Waals surface area (Å²) in [5, 5.41) is 3.38. The van der Waals surface area contributed by atoms with Crippen LogP contribution in [0.4, 0.5) is 29.5 Å².